The van der Waals surface area contributed by atoms with E-state index in [2.05, 4.69) is 35.0 Å². The number of hydrogen-bond donors (Lipinski definition) is 1. The quantitative estimate of drug-likeness (QED) is 0.121. The number of aliphatic imine (C=N–C) groups is 1. The van der Waals surface area contributed by atoms with E-state index in [9.17, 15) is 9.59 Å². The summed E-state index contributed by atoms with van der Waals surface area (Å²) in [7, 11) is 1.50. The molecule has 4 rings (SSSR count). The zero-order valence-corrected chi connectivity index (χ0v) is 24.5. The average Bonchev–Trinajstić information content (AvgIpc) is 3.04. The zero-order valence-electron chi connectivity index (χ0n) is 22.9. The third-order valence-corrected chi connectivity index (χ3v) is 6.54. The van der Waals surface area contributed by atoms with Crippen molar-refractivity contribution in [1.29, 1.82) is 0 Å². The molecular formula is C34H34N2O2S2. The number of carbonyl (C=O) groups is 2. The lowest BCUT2D eigenvalue weighted by molar-refractivity contribution is 0.103. The number of aryl methyl sites for hydroxylation is 1. The molecule has 0 saturated heterocycles. The van der Waals surface area contributed by atoms with E-state index in [-0.39, 0.29) is 11.6 Å². The maximum Gasteiger partial charge on any atom is 0.193 e. The standard InChI is InChI=1S/C18H18OS.C15H11NOS.CH5N/c1-2-17(20)13-10-14-8-11-16(12-9-14)18(19)15-6-4-3-5-7-15;17-15(13-4-2-1-3-5-13)14-8-6-12(7-9-14)10-16-11-18;1-2/h3-9,11-12H,2,10,13H2,1H3;1-9H,10H2;2H2,1H3. The van der Waals surface area contributed by atoms with Gasteiger partial charge in [0.25, 0.3) is 0 Å². The van der Waals surface area contributed by atoms with Gasteiger partial charge in [-0.05, 0) is 54.5 Å². The number of isothiocyanates is 1. The first kappa shape index (κ1) is 32.3. The van der Waals surface area contributed by atoms with Gasteiger partial charge in [0.1, 0.15) is 0 Å². The highest BCUT2D eigenvalue weighted by atomic mass is 32.1. The minimum atomic E-state index is 0.0282. The van der Waals surface area contributed by atoms with Crippen molar-refractivity contribution < 1.29 is 9.59 Å². The second-order valence-electron chi connectivity index (χ2n) is 8.58. The Labute approximate surface area is 248 Å². The van der Waals surface area contributed by atoms with Crippen molar-refractivity contribution >= 4 is 46.0 Å². The van der Waals surface area contributed by atoms with Crippen LogP contribution in [0.3, 0.4) is 0 Å². The predicted molar refractivity (Wildman–Crippen MR) is 173 cm³/mol. The molecule has 2 N–H and O–H groups in total. The second kappa shape index (κ2) is 18.4. The fourth-order valence-corrected chi connectivity index (χ4v) is 3.85. The Morgan fingerprint density at radius 2 is 1.07 bits per heavy atom. The number of carbonyl (C=O) groups excluding carboxylic acids is 2. The molecule has 0 saturated carbocycles. The summed E-state index contributed by atoms with van der Waals surface area (Å²) in [6.45, 7) is 2.59. The average molecular weight is 567 g/mol. The highest BCUT2D eigenvalue weighted by Crippen LogP contribution is 2.13. The Hall–Kier alpha value is -3.93. The third kappa shape index (κ3) is 10.7. The van der Waals surface area contributed by atoms with Gasteiger partial charge in [-0.1, -0.05) is 128 Å². The van der Waals surface area contributed by atoms with Crippen LogP contribution >= 0.6 is 24.4 Å². The van der Waals surface area contributed by atoms with Crippen LogP contribution in [0.25, 0.3) is 0 Å². The molecule has 4 nitrogen and oxygen atoms in total. The highest BCUT2D eigenvalue weighted by molar-refractivity contribution is 7.80. The number of nitrogens with zero attached hydrogens (tertiary/aromatic N) is 1. The number of rotatable bonds is 10. The summed E-state index contributed by atoms with van der Waals surface area (Å²) >= 11 is 9.74. The van der Waals surface area contributed by atoms with Crippen molar-refractivity contribution in [2.24, 2.45) is 10.7 Å². The molecule has 0 atom stereocenters. The monoisotopic (exact) mass is 566 g/mol. The van der Waals surface area contributed by atoms with Crippen LogP contribution in [-0.2, 0) is 13.0 Å². The molecule has 0 aliphatic heterocycles. The van der Waals surface area contributed by atoms with Gasteiger partial charge in [-0.25, -0.2) is 4.99 Å². The molecule has 0 radical (unpaired) electrons. The Morgan fingerprint density at radius 1 is 0.675 bits per heavy atom. The zero-order chi connectivity index (χ0) is 29.2. The maximum absolute atomic E-state index is 12.2. The van der Waals surface area contributed by atoms with Crippen molar-refractivity contribution in [2.45, 2.75) is 32.7 Å². The highest BCUT2D eigenvalue weighted by Gasteiger charge is 2.09. The maximum atomic E-state index is 12.2. The largest absolute Gasteiger partial charge is 0.333 e. The molecule has 40 heavy (non-hydrogen) atoms. The van der Waals surface area contributed by atoms with Crippen molar-refractivity contribution in [1.82, 2.24) is 0 Å². The topological polar surface area (TPSA) is 72.5 Å². The van der Waals surface area contributed by atoms with Gasteiger partial charge in [0.15, 0.2) is 11.6 Å². The van der Waals surface area contributed by atoms with Crippen LogP contribution in [0, 0.1) is 0 Å². The number of benzene rings is 4. The van der Waals surface area contributed by atoms with Gasteiger partial charge in [-0.15, -0.1) is 0 Å². The minimum Gasteiger partial charge on any atom is -0.333 e. The fraction of sp³-hybridized carbons (Fsp3) is 0.176. The SMILES string of the molecule is CCC(=S)CCc1ccc(C(=O)c2ccccc2)cc1.CN.O=C(c1ccccc1)c1ccc(CN=C=S)cc1. The Morgan fingerprint density at radius 3 is 1.48 bits per heavy atom. The molecule has 0 fully saturated rings. The van der Waals surface area contributed by atoms with E-state index in [0.29, 0.717) is 17.7 Å². The van der Waals surface area contributed by atoms with Gasteiger partial charge in [0.05, 0.1) is 11.7 Å². The van der Waals surface area contributed by atoms with E-state index in [1.54, 1.807) is 0 Å². The van der Waals surface area contributed by atoms with Gasteiger partial charge in [-0.3, -0.25) is 9.59 Å². The summed E-state index contributed by atoms with van der Waals surface area (Å²) in [5.41, 5.74) is 9.58. The van der Waals surface area contributed by atoms with Crippen molar-refractivity contribution in [3.8, 4) is 0 Å². The number of ketones is 2. The molecule has 0 aromatic heterocycles. The lowest BCUT2D eigenvalue weighted by Crippen LogP contribution is -2.01. The molecule has 4 aromatic carbocycles. The molecule has 0 bridgehead atoms. The van der Waals surface area contributed by atoms with E-state index in [4.69, 9.17) is 12.2 Å². The minimum absolute atomic E-state index is 0.0282. The summed E-state index contributed by atoms with van der Waals surface area (Å²) in [6, 6.07) is 33.8. The van der Waals surface area contributed by atoms with Gasteiger partial charge in [0, 0.05) is 22.3 Å². The van der Waals surface area contributed by atoms with Crippen LogP contribution in [0.5, 0.6) is 0 Å². The van der Waals surface area contributed by atoms with Gasteiger partial charge >= 0.3 is 0 Å². The van der Waals surface area contributed by atoms with Crippen LogP contribution in [0.1, 0.15) is 62.7 Å². The first-order valence-corrected chi connectivity index (χ1v) is 13.8. The van der Waals surface area contributed by atoms with Gasteiger partial charge < -0.3 is 5.73 Å². The molecule has 0 aliphatic carbocycles. The number of nitrogens with two attached hydrogens (primary N) is 1. The molecule has 0 unspecified atom stereocenters. The summed E-state index contributed by atoms with van der Waals surface area (Å²) in [5.74, 6) is 0.0988. The summed E-state index contributed by atoms with van der Waals surface area (Å²) in [4.78, 5) is 29.3. The Bertz CT molecular complexity index is 1400. The Balaban J connectivity index is 0.000000265. The summed E-state index contributed by atoms with van der Waals surface area (Å²) in [6.07, 6.45) is 2.85. The predicted octanol–water partition coefficient (Wildman–Crippen LogP) is 7.73. The third-order valence-electron chi connectivity index (χ3n) is 5.92. The van der Waals surface area contributed by atoms with E-state index in [0.717, 1.165) is 40.8 Å². The van der Waals surface area contributed by atoms with Crippen LogP contribution < -0.4 is 5.73 Å². The lowest BCUT2D eigenvalue weighted by Gasteiger charge is -2.04. The molecule has 6 heteroatoms. The molecule has 0 spiro atoms. The molecule has 0 amide bonds. The van der Waals surface area contributed by atoms with Gasteiger partial charge in [-0.2, -0.15) is 0 Å². The van der Waals surface area contributed by atoms with Crippen LogP contribution in [0.15, 0.2) is 114 Å². The fourth-order valence-electron chi connectivity index (χ4n) is 3.68. The molecule has 204 valence electrons. The Kier molecular flexibility index (Phi) is 14.8. The molecular weight excluding hydrogens is 533 g/mol. The number of thiocarbonyl (C=S) groups is 2. The van der Waals surface area contributed by atoms with Crippen LogP contribution in [-0.4, -0.2) is 28.6 Å². The van der Waals surface area contributed by atoms with E-state index < -0.39 is 0 Å². The summed E-state index contributed by atoms with van der Waals surface area (Å²) < 4.78 is 0. The normalized spacial score (nSPS) is 9.57. The number of hydrogen-bond acceptors (Lipinski definition) is 6. The second-order valence-corrected chi connectivity index (χ2v) is 9.34. The molecule has 0 heterocycles. The first-order chi connectivity index (χ1) is 19.5. The van der Waals surface area contributed by atoms with Crippen molar-refractivity contribution in [2.75, 3.05) is 7.05 Å². The van der Waals surface area contributed by atoms with Crippen LogP contribution in [0.2, 0.25) is 0 Å². The van der Waals surface area contributed by atoms with Crippen LogP contribution in [0.4, 0.5) is 0 Å². The van der Waals surface area contributed by atoms with E-state index in [1.807, 2.05) is 109 Å². The van der Waals surface area contributed by atoms with Crippen molar-refractivity contribution in [3.05, 3.63) is 143 Å². The first-order valence-electron chi connectivity index (χ1n) is 13.0. The lowest BCUT2D eigenvalue weighted by atomic mass is 10.0. The van der Waals surface area contributed by atoms with E-state index in [1.165, 1.54) is 12.6 Å². The van der Waals surface area contributed by atoms with E-state index >= 15 is 0 Å². The smallest absolute Gasteiger partial charge is 0.193 e. The molecule has 4 aromatic rings. The van der Waals surface area contributed by atoms with Crippen molar-refractivity contribution in [3.63, 3.8) is 0 Å². The van der Waals surface area contributed by atoms with Gasteiger partial charge in [0.2, 0.25) is 0 Å². The molecule has 0 aliphatic rings. The summed E-state index contributed by atoms with van der Waals surface area (Å²) in [5, 5.41) is 2.32.